The molecule has 3 aliphatic rings. The van der Waals surface area contributed by atoms with Crippen molar-refractivity contribution in [2.45, 2.75) is 88.6 Å². The van der Waals surface area contributed by atoms with Crippen molar-refractivity contribution in [2.24, 2.45) is 5.92 Å². The SMILES string of the molecule is COC(=O)NC1(C(=O)N2CCC[C@H]2c2ncc(-c3ccc4nc(-c5ccc(-c6c[nH]c([C@@H]7CCCN7C(=O)[C@H](C(C)C)N(C)C(=O)O)n6)cc5)cnc4c3)[nH]2)CCC1.O=C(O)C(F)(F)F. The van der Waals surface area contributed by atoms with Crippen LogP contribution >= 0.6 is 0 Å². The van der Waals surface area contributed by atoms with Crippen molar-refractivity contribution < 1.29 is 52.1 Å². The molecule has 18 nitrogen and oxygen atoms in total. The number of carbonyl (C=O) groups is 5. The summed E-state index contributed by atoms with van der Waals surface area (Å²) in [5.74, 6) is -1.84. The maximum Gasteiger partial charge on any atom is 0.490 e. The summed E-state index contributed by atoms with van der Waals surface area (Å²) in [5.41, 5.74) is 5.51. The number of alkyl halides is 3. The predicted molar refractivity (Wildman–Crippen MR) is 228 cm³/mol. The van der Waals surface area contributed by atoms with Gasteiger partial charge in [-0.25, -0.2) is 29.3 Å². The van der Waals surface area contributed by atoms with E-state index in [0.717, 1.165) is 81.8 Å². The van der Waals surface area contributed by atoms with E-state index in [-0.39, 0.29) is 29.8 Å². The molecule has 0 radical (unpaired) electrons. The van der Waals surface area contributed by atoms with Crippen LogP contribution in [-0.4, -0.2) is 130 Å². The highest BCUT2D eigenvalue weighted by Gasteiger charge is 2.50. The minimum absolute atomic E-state index is 0.0861. The molecule has 5 N–H and O–H groups in total. The van der Waals surface area contributed by atoms with E-state index in [9.17, 15) is 37.5 Å². The number of benzene rings is 2. The molecular weight excluding hydrogens is 854 g/mol. The normalized spacial score (nSPS) is 18.4. The number of rotatable bonds is 10. The van der Waals surface area contributed by atoms with Gasteiger partial charge in [0.2, 0.25) is 11.8 Å². The van der Waals surface area contributed by atoms with E-state index in [1.807, 2.05) is 67.4 Å². The van der Waals surface area contributed by atoms with Crippen LogP contribution in [0.5, 0.6) is 0 Å². The Morgan fingerprint density at radius 2 is 1.46 bits per heavy atom. The largest absolute Gasteiger partial charge is 0.490 e. The number of carbonyl (C=O) groups excluding carboxylic acids is 3. The molecule has 5 heterocycles. The summed E-state index contributed by atoms with van der Waals surface area (Å²) in [7, 11) is 2.75. The average molecular weight is 903 g/mol. The summed E-state index contributed by atoms with van der Waals surface area (Å²) in [5, 5.41) is 19.5. The van der Waals surface area contributed by atoms with E-state index < -0.39 is 35.9 Å². The van der Waals surface area contributed by atoms with Gasteiger partial charge in [0.1, 0.15) is 23.2 Å². The molecule has 1 saturated carbocycles. The number of halogens is 3. The summed E-state index contributed by atoms with van der Waals surface area (Å²) in [6.07, 6.45) is 3.79. The van der Waals surface area contributed by atoms with E-state index in [0.29, 0.717) is 37.6 Å². The van der Waals surface area contributed by atoms with Gasteiger partial charge in [0.05, 0.1) is 59.7 Å². The summed E-state index contributed by atoms with van der Waals surface area (Å²) in [6.45, 7) is 4.86. The van der Waals surface area contributed by atoms with Gasteiger partial charge < -0.3 is 40.0 Å². The molecule has 2 saturated heterocycles. The number of carboxylic acid groups (broad SMARTS) is 2. The van der Waals surface area contributed by atoms with Crippen molar-refractivity contribution in [3.63, 3.8) is 0 Å². The van der Waals surface area contributed by atoms with Crippen LogP contribution in [-0.2, 0) is 19.1 Å². The van der Waals surface area contributed by atoms with Gasteiger partial charge in [0.15, 0.2) is 0 Å². The molecule has 5 aromatic rings. The minimum Gasteiger partial charge on any atom is -0.475 e. The molecule has 344 valence electrons. The molecule has 1 aliphatic carbocycles. The van der Waals surface area contributed by atoms with Crippen molar-refractivity contribution in [3.8, 4) is 33.8 Å². The van der Waals surface area contributed by atoms with E-state index in [1.165, 1.54) is 14.2 Å². The van der Waals surface area contributed by atoms with Crippen LogP contribution in [0.2, 0.25) is 0 Å². The number of ether oxygens (including phenoxy) is 1. The Balaban J connectivity index is 0.000000833. The number of nitrogens with zero attached hydrogens (tertiary/aromatic N) is 7. The van der Waals surface area contributed by atoms with Crippen LogP contribution in [0.3, 0.4) is 0 Å². The van der Waals surface area contributed by atoms with Gasteiger partial charge in [-0.1, -0.05) is 44.2 Å². The molecule has 2 aliphatic heterocycles. The predicted octanol–water partition coefficient (Wildman–Crippen LogP) is 6.95. The number of methoxy groups -OCH3 is 1. The number of H-pyrrole nitrogens is 2. The molecule has 0 bridgehead atoms. The summed E-state index contributed by atoms with van der Waals surface area (Å²) in [4.78, 5) is 90.6. The van der Waals surface area contributed by atoms with Gasteiger partial charge in [-0.3, -0.25) is 19.5 Å². The van der Waals surface area contributed by atoms with Crippen molar-refractivity contribution in [3.05, 3.63) is 72.7 Å². The van der Waals surface area contributed by atoms with E-state index in [4.69, 9.17) is 29.6 Å². The first-order chi connectivity index (χ1) is 30.9. The monoisotopic (exact) mass is 902 g/mol. The quantitative estimate of drug-likeness (QED) is 0.0957. The van der Waals surface area contributed by atoms with Crippen LogP contribution < -0.4 is 5.32 Å². The Labute approximate surface area is 370 Å². The molecule has 65 heavy (non-hydrogen) atoms. The number of fused-ring (bicyclic) bond motifs is 1. The van der Waals surface area contributed by atoms with Crippen LogP contribution in [0, 0.1) is 5.92 Å². The number of likely N-dealkylation sites (N-methyl/N-ethyl adjacent to an activating group) is 1. The number of aromatic nitrogens is 6. The lowest BCUT2D eigenvalue weighted by Crippen LogP contribution is -2.63. The minimum atomic E-state index is -5.08. The fraction of sp³-hybridized carbons (Fsp3) is 0.432. The Morgan fingerprint density at radius 3 is 2.05 bits per heavy atom. The summed E-state index contributed by atoms with van der Waals surface area (Å²) >= 11 is 0. The molecule has 2 aromatic carbocycles. The lowest BCUT2D eigenvalue weighted by atomic mass is 9.75. The zero-order valence-corrected chi connectivity index (χ0v) is 36.1. The number of hydrogen-bond donors (Lipinski definition) is 5. The van der Waals surface area contributed by atoms with Crippen molar-refractivity contribution >= 4 is 41.0 Å². The highest BCUT2D eigenvalue weighted by atomic mass is 19.4. The van der Waals surface area contributed by atoms with E-state index >= 15 is 0 Å². The maximum atomic E-state index is 13.7. The van der Waals surface area contributed by atoms with E-state index in [2.05, 4.69) is 20.3 Å². The highest BCUT2D eigenvalue weighted by Crippen LogP contribution is 2.40. The Hall–Kier alpha value is -7.06. The molecule has 3 aromatic heterocycles. The van der Waals surface area contributed by atoms with Gasteiger partial charge in [0.25, 0.3) is 0 Å². The number of nitrogens with one attached hydrogen (secondary N) is 3. The number of likely N-dealkylation sites (tertiary alicyclic amines) is 2. The second-order valence-corrected chi connectivity index (χ2v) is 16.7. The molecule has 0 spiro atoms. The summed E-state index contributed by atoms with van der Waals surface area (Å²) in [6, 6.07) is 12.6. The number of amides is 4. The van der Waals surface area contributed by atoms with E-state index in [1.54, 1.807) is 17.3 Å². The number of aromatic amines is 2. The molecule has 4 amide bonds. The Bertz CT molecular complexity index is 2570. The van der Waals surface area contributed by atoms with Gasteiger partial charge in [-0.05, 0) is 63.0 Å². The molecular formula is C44H49F3N10O8. The Kier molecular flexibility index (Phi) is 13.1. The third kappa shape index (κ3) is 9.58. The molecule has 3 fully saturated rings. The standard InChI is InChI=1S/C42H48N10O6.C2HF3O2/c1-24(2)35(50(3)41(56)57)38(53)51-18-5-8-33(51)36-44-22-31(47-36)26-12-10-25(11-13-26)30-21-43-29-20-27(14-15-28(29)46-30)32-23-45-37(48-32)34-9-6-19-52(34)39(54)42(16-7-17-42)49-40(55)58-4;3-2(4,5)1(6)7/h10-15,20-24,33-35H,5-9,16-19H2,1-4H3,(H,44,47)(H,45,48)(H,49,55)(H,56,57);(H,6,7)/t33-,34-,35-;/m0./s1. The number of hydrogen-bond acceptors (Lipinski definition) is 10. The lowest BCUT2D eigenvalue weighted by Gasteiger charge is -2.43. The maximum absolute atomic E-state index is 13.7. The van der Waals surface area contributed by atoms with Gasteiger partial charge in [-0.2, -0.15) is 13.2 Å². The molecule has 3 atom stereocenters. The average Bonchev–Trinajstić information content (AvgIpc) is 4.11. The van der Waals surface area contributed by atoms with Crippen LogP contribution in [0.15, 0.2) is 61.1 Å². The van der Waals surface area contributed by atoms with Crippen molar-refractivity contribution in [1.82, 2.24) is 49.9 Å². The first kappa shape index (κ1) is 45.9. The third-order valence-electron chi connectivity index (χ3n) is 12.2. The van der Waals surface area contributed by atoms with Gasteiger partial charge >= 0.3 is 24.3 Å². The third-order valence-corrected chi connectivity index (χ3v) is 12.2. The summed E-state index contributed by atoms with van der Waals surface area (Å²) < 4.78 is 36.5. The topological polar surface area (TPSA) is 240 Å². The second kappa shape index (κ2) is 18.6. The molecule has 0 unspecified atom stereocenters. The van der Waals surface area contributed by atoms with Crippen molar-refractivity contribution in [2.75, 3.05) is 27.2 Å². The van der Waals surface area contributed by atoms with Gasteiger partial charge in [0, 0.05) is 43.0 Å². The van der Waals surface area contributed by atoms with Crippen LogP contribution in [0.25, 0.3) is 44.8 Å². The van der Waals surface area contributed by atoms with Crippen LogP contribution in [0.4, 0.5) is 22.8 Å². The number of aliphatic carboxylic acids is 1. The second-order valence-electron chi connectivity index (χ2n) is 16.7. The first-order valence-electron chi connectivity index (χ1n) is 21.1. The fourth-order valence-corrected chi connectivity index (χ4v) is 8.68. The van der Waals surface area contributed by atoms with Crippen molar-refractivity contribution in [1.29, 1.82) is 0 Å². The highest BCUT2D eigenvalue weighted by molar-refractivity contribution is 5.91. The zero-order chi connectivity index (χ0) is 46.8. The zero-order valence-electron chi connectivity index (χ0n) is 36.1. The number of alkyl carbamates (subject to hydrolysis) is 1. The van der Waals surface area contributed by atoms with Gasteiger partial charge in [-0.15, -0.1) is 0 Å². The Morgan fingerprint density at radius 1 is 0.846 bits per heavy atom. The molecule has 8 rings (SSSR count). The fourth-order valence-electron chi connectivity index (χ4n) is 8.68. The smallest absolute Gasteiger partial charge is 0.475 e. The lowest BCUT2D eigenvalue weighted by molar-refractivity contribution is -0.192. The number of imidazole rings is 2. The number of carboxylic acids is 1. The first-order valence-corrected chi connectivity index (χ1v) is 21.1. The van der Waals surface area contributed by atoms with Crippen LogP contribution in [0.1, 0.15) is 82.5 Å². The molecule has 21 heteroatoms.